The van der Waals surface area contributed by atoms with E-state index < -0.39 is 5.91 Å². The average Bonchev–Trinajstić information content (AvgIpc) is 2.82. The Morgan fingerprint density at radius 1 is 1.18 bits per heavy atom. The van der Waals surface area contributed by atoms with E-state index in [0.29, 0.717) is 24.6 Å². The summed E-state index contributed by atoms with van der Waals surface area (Å²) < 4.78 is 7.24. The highest BCUT2D eigenvalue weighted by molar-refractivity contribution is 6.02. The van der Waals surface area contributed by atoms with Gasteiger partial charge in [-0.05, 0) is 37.6 Å². The van der Waals surface area contributed by atoms with E-state index in [1.807, 2.05) is 61.2 Å². The minimum atomic E-state index is -0.548. The van der Waals surface area contributed by atoms with Crippen LogP contribution in [0.15, 0.2) is 65.1 Å². The summed E-state index contributed by atoms with van der Waals surface area (Å²) in [6, 6.07) is 16.6. The Kier molecular flexibility index (Phi) is 6.52. The van der Waals surface area contributed by atoms with Crippen LogP contribution >= 0.6 is 0 Å². The summed E-state index contributed by atoms with van der Waals surface area (Å²) >= 11 is 0. The molecule has 33 heavy (non-hydrogen) atoms. The molecule has 8 heteroatoms. The molecule has 2 aromatic heterocycles. The smallest absolute Gasteiger partial charge is 0.267 e. The fraction of sp³-hybridized carbons (Fsp3) is 0.280. The molecule has 1 N–H and O–H groups in total. The van der Waals surface area contributed by atoms with Gasteiger partial charge in [0.25, 0.3) is 11.5 Å². The quantitative estimate of drug-likeness (QED) is 0.481. The van der Waals surface area contributed by atoms with Gasteiger partial charge in [0, 0.05) is 25.8 Å². The standard InChI is InChI=1S/C25H25N5O3/c1-17-15-29(16-18(2)33-17)23-21(25(32)30-11-7-6-10-22(30)28-23)12-20(13-26)24(31)27-14-19-8-4-3-5-9-19/h3-12,17-18H,14-16H2,1-2H3,(H,27,31)/b20-12+/t17-,18-/m1/s1. The molecule has 0 spiro atoms. The van der Waals surface area contributed by atoms with Crippen molar-refractivity contribution in [3.63, 3.8) is 0 Å². The monoisotopic (exact) mass is 443 g/mol. The number of hydrogen-bond acceptors (Lipinski definition) is 6. The van der Waals surface area contributed by atoms with Crippen molar-refractivity contribution in [1.82, 2.24) is 14.7 Å². The van der Waals surface area contributed by atoms with Crippen molar-refractivity contribution in [1.29, 1.82) is 5.26 Å². The number of amides is 1. The van der Waals surface area contributed by atoms with E-state index in [0.717, 1.165) is 5.56 Å². The number of hydrogen-bond donors (Lipinski definition) is 1. The van der Waals surface area contributed by atoms with Gasteiger partial charge in [-0.3, -0.25) is 14.0 Å². The second-order valence-electron chi connectivity index (χ2n) is 8.08. The fourth-order valence-electron chi connectivity index (χ4n) is 3.98. The van der Waals surface area contributed by atoms with E-state index in [2.05, 4.69) is 5.32 Å². The molecule has 0 bridgehead atoms. The van der Waals surface area contributed by atoms with Gasteiger partial charge in [-0.25, -0.2) is 4.98 Å². The summed E-state index contributed by atoms with van der Waals surface area (Å²) in [5.74, 6) is -0.106. The normalized spacial score (nSPS) is 18.7. The van der Waals surface area contributed by atoms with Gasteiger partial charge in [-0.15, -0.1) is 0 Å². The van der Waals surface area contributed by atoms with Crippen molar-refractivity contribution in [2.45, 2.75) is 32.6 Å². The fourth-order valence-corrected chi connectivity index (χ4v) is 3.98. The molecular formula is C25H25N5O3. The van der Waals surface area contributed by atoms with Gasteiger partial charge >= 0.3 is 0 Å². The lowest BCUT2D eigenvalue weighted by molar-refractivity contribution is -0.117. The first-order chi connectivity index (χ1) is 16.0. The Bertz CT molecular complexity index is 1280. The first kappa shape index (κ1) is 22.2. The highest BCUT2D eigenvalue weighted by Crippen LogP contribution is 2.23. The van der Waals surface area contributed by atoms with E-state index in [1.54, 1.807) is 18.3 Å². The minimum Gasteiger partial charge on any atom is -0.372 e. The molecule has 1 fully saturated rings. The van der Waals surface area contributed by atoms with Crippen LogP contribution in [-0.2, 0) is 16.1 Å². The van der Waals surface area contributed by atoms with Gasteiger partial charge < -0.3 is 15.0 Å². The highest BCUT2D eigenvalue weighted by Gasteiger charge is 2.27. The maximum Gasteiger partial charge on any atom is 0.267 e. The van der Waals surface area contributed by atoms with Crippen LogP contribution in [0.5, 0.6) is 0 Å². The molecule has 168 valence electrons. The number of aromatic nitrogens is 2. The third-order valence-corrected chi connectivity index (χ3v) is 5.42. The van der Waals surface area contributed by atoms with Crippen molar-refractivity contribution in [3.05, 3.63) is 81.8 Å². The highest BCUT2D eigenvalue weighted by atomic mass is 16.5. The van der Waals surface area contributed by atoms with E-state index in [4.69, 9.17) is 9.72 Å². The topological polar surface area (TPSA) is 99.7 Å². The predicted molar refractivity (Wildman–Crippen MR) is 126 cm³/mol. The second-order valence-corrected chi connectivity index (χ2v) is 8.08. The first-order valence-corrected chi connectivity index (χ1v) is 10.8. The second kappa shape index (κ2) is 9.67. The Hall–Kier alpha value is -3.96. The number of nitriles is 1. The molecule has 3 aromatic rings. The molecule has 1 saturated heterocycles. The predicted octanol–water partition coefficient (Wildman–Crippen LogP) is 2.53. The molecule has 1 aliphatic rings. The summed E-state index contributed by atoms with van der Waals surface area (Å²) in [6.07, 6.45) is 2.87. The zero-order chi connectivity index (χ0) is 23.4. The third kappa shape index (κ3) is 4.94. The van der Waals surface area contributed by atoms with Crippen LogP contribution in [0.2, 0.25) is 0 Å². The number of morpholine rings is 1. The maximum absolute atomic E-state index is 13.4. The van der Waals surface area contributed by atoms with Crippen LogP contribution in [0.25, 0.3) is 11.7 Å². The zero-order valence-electron chi connectivity index (χ0n) is 18.6. The molecule has 0 radical (unpaired) electrons. The molecule has 1 aromatic carbocycles. The van der Waals surface area contributed by atoms with Crippen LogP contribution in [0, 0.1) is 11.3 Å². The van der Waals surface area contributed by atoms with Gasteiger partial charge in [0.15, 0.2) is 0 Å². The van der Waals surface area contributed by atoms with Gasteiger partial charge in [0.2, 0.25) is 0 Å². The number of pyridine rings is 1. The van der Waals surface area contributed by atoms with E-state index in [-0.39, 0.29) is 35.4 Å². The number of benzene rings is 1. The Labute approximate surface area is 191 Å². The van der Waals surface area contributed by atoms with Gasteiger partial charge in [-0.2, -0.15) is 5.26 Å². The van der Waals surface area contributed by atoms with Crippen molar-refractivity contribution >= 4 is 23.4 Å². The number of nitrogens with one attached hydrogen (secondary N) is 1. The summed E-state index contributed by atoms with van der Waals surface area (Å²) in [4.78, 5) is 32.8. The molecular weight excluding hydrogens is 418 g/mol. The minimum absolute atomic E-state index is 0.0498. The molecule has 8 nitrogen and oxygen atoms in total. The van der Waals surface area contributed by atoms with E-state index in [1.165, 1.54) is 10.5 Å². The Morgan fingerprint density at radius 3 is 2.58 bits per heavy atom. The number of nitrogens with zero attached hydrogens (tertiary/aromatic N) is 4. The molecule has 2 atom stereocenters. The van der Waals surface area contributed by atoms with Crippen molar-refractivity contribution < 1.29 is 9.53 Å². The first-order valence-electron chi connectivity index (χ1n) is 10.8. The van der Waals surface area contributed by atoms with E-state index >= 15 is 0 Å². The molecule has 1 amide bonds. The maximum atomic E-state index is 13.4. The molecule has 1 aliphatic heterocycles. The largest absolute Gasteiger partial charge is 0.372 e. The molecule has 3 heterocycles. The lowest BCUT2D eigenvalue weighted by atomic mass is 10.1. The summed E-state index contributed by atoms with van der Waals surface area (Å²) in [6.45, 7) is 5.29. The lowest BCUT2D eigenvalue weighted by Gasteiger charge is -2.36. The van der Waals surface area contributed by atoms with Crippen LogP contribution in [0.4, 0.5) is 5.82 Å². The Morgan fingerprint density at radius 2 is 1.88 bits per heavy atom. The van der Waals surface area contributed by atoms with Crippen molar-refractivity contribution in [2.75, 3.05) is 18.0 Å². The van der Waals surface area contributed by atoms with Crippen LogP contribution in [0.1, 0.15) is 25.0 Å². The number of anilines is 1. The zero-order valence-corrected chi connectivity index (χ0v) is 18.6. The van der Waals surface area contributed by atoms with Crippen molar-refractivity contribution in [2.24, 2.45) is 0 Å². The molecule has 4 rings (SSSR count). The molecule has 0 aliphatic carbocycles. The van der Waals surface area contributed by atoms with Crippen LogP contribution in [-0.4, -0.2) is 40.6 Å². The van der Waals surface area contributed by atoms with Crippen LogP contribution < -0.4 is 15.8 Å². The Balaban J connectivity index is 1.75. The van der Waals surface area contributed by atoms with Crippen molar-refractivity contribution in [3.8, 4) is 6.07 Å². The van der Waals surface area contributed by atoms with Gasteiger partial charge in [0.05, 0.1) is 17.8 Å². The lowest BCUT2D eigenvalue weighted by Crippen LogP contribution is -2.46. The average molecular weight is 444 g/mol. The van der Waals surface area contributed by atoms with Gasteiger partial charge in [-0.1, -0.05) is 36.4 Å². The number of carbonyl (C=O) groups excluding carboxylic acids is 1. The SMILES string of the molecule is C[C@@H]1CN(c2nc3ccccn3c(=O)c2/C=C(\C#N)C(=O)NCc2ccccc2)C[C@@H](C)O1. The summed E-state index contributed by atoms with van der Waals surface area (Å²) in [7, 11) is 0. The summed E-state index contributed by atoms with van der Waals surface area (Å²) in [5.41, 5.74) is 1.11. The van der Waals surface area contributed by atoms with Gasteiger partial charge in [0.1, 0.15) is 23.1 Å². The third-order valence-electron chi connectivity index (χ3n) is 5.42. The molecule has 0 saturated carbocycles. The number of ether oxygens (including phenoxy) is 1. The number of carbonyl (C=O) groups is 1. The number of fused-ring (bicyclic) bond motifs is 1. The molecule has 0 unspecified atom stereocenters. The summed E-state index contributed by atoms with van der Waals surface area (Å²) in [5, 5.41) is 12.4. The van der Waals surface area contributed by atoms with Crippen LogP contribution in [0.3, 0.4) is 0 Å². The van der Waals surface area contributed by atoms with E-state index in [9.17, 15) is 14.9 Å². The number of rotatable bonds is 5.